The monoisotopic (exact) mass is 336 g/mol. The fraction of sp³-hybridized carbons (Fsp3) is 0.0625. The van der Waals surface area contributed by atoms with Crippen molar-refractivity contribution in [2.45, 2.75) is 6.92 Å². The molecule has 0 aliphatic heterocycles. The van der Waals surface area contributed by atoms with E-state index in [0.29, 0.717) is 10.7 Å². The number of benzene rings is 2. The first-order chi connectivity index (χ1) is 10.5. The van der Waals surface area contributed by atoms with Gasteiger partial charge in [-0.05, 0) is 42.3 Å². The van der Waals surface area contributed by atoms with Gasteiger partial charge in [0, 0.05) is 10.4 Å². The number of aromatic nitrogens is 1. The van der Waals surface area contributed by atoms with Crippen molar-refractivity contribution in [3.8, 4) is 16.9 Å². The predicted octanol–water partition coefficient (Wildman–Crippen LogP) is 4.93. The highest BCUT2D eigenvalue weighted by Gasteiger charge is 2.17. The normalized spacial score (nSPS) is 10.9. The van der Waals surface area contributed by atoms with Gasteiger partial charge >= 0.3 is 0 Å². The molecule has 0 spiro atoms. The molecule has 0 unspecified atom stereocenters. The molecule has 0 saturated carbocycles. The van der Waals surface area contributed by atoms with Gasteiger partial charge in [0.2, 0.25) is 0 Å². The molecule has 6 heteroatoms. The van der Waals surface area contributed by atoms with E-state index in [1.165, 1.54) is 22.8 Å². The highest BCUT2D eigenvalue weighted by Crippen LogP contribution is 2.28. The van der Waals surface area contributed by atoms with Gasteiger partial charge in [0.15, 0.2) is 4.80 Å². The molecule has 3 aromatic rings. The first-order valence-electron chi connectivity index (χ1n) is 6.45. The van der Waals surface area contributed by atoms with Crippen LogP contribution in [0.25, 0.3) is 16.9 Å². The quantitative estimate of drug-likeness (QED) is 0.688. The topological polar surface area (TPSA) is 28.8 Å². The third-order valence-corrected chi connectivity index (χ3v) is 4.51. The zero-order chi connectivity index (χ0) is 15.9. The molecule has 0 aliphatic rings. The van der Waals surface area contributed by atoms with E-state index in [2.05, 4.69) is 0 Å². The van der Waals surface area contributed by atoms with Crippen molar-refractivity contribution in [2.24, 2.45) is 0 Å². The molecular formula is C16H11ClF2N2S. The fourth-order valence-electron chi connectivity index (χ4n) is 2.25. The molecule has 0 amide bonds. The molecule has 22 heavy (non-hydrogen) atoms. The molecule has 0 bridgehead atoms. The van der Waals surface area contributed by atoms with Crippen LogP contribution in [-0.4, -0.2) is 4.57 Å². The minimum absolute atomic E-state index is 0.0478. The molecule has 3 rings (SSSR count). The second kappa shape index (κ2) is 5.66. The van der Waals surface area contributed by atoms with E-state index in [0.717, 1.165) is 22.5 Å². The fourth-order valence-corrected chi connectivity index (χ4v) is 3.13. The van der Waals surface area contributed by atoms with E-state index in [1.807, 2.05) is 13.0 Å². The van der Waals surface area contributed by atoms with Crippen molar-refractivity contribution < 1.29 is 8.78 Å². The van der Waals surface area contributed by atoms with Crippen LogP contribution in [0, 0.1) is 24.0 Å². The summed E-state index contributed by atoms with van der Waals surface area (Å²) in [5.74, 6) is -1.41. The first-order valence-corrected chi connectivity index (χ1v) is 7.71. The maximum Gasteiger partial charge on any atom is 0.187 e. The second-order valence-corrected chi connectivity index (χ2v) is 6.06. The number of nitrogens with one attached hydrogen (secondary N) is 1. The summed E-state index contributed by atoms with van der Waals surface area (Å²) in [6, 6.07) is 9.00. The van der Waals surface area contributed by atoms with Crippen LogP contribution in [0.4, 0.5) is 8.78 Å². The second-order valence-electron chi connectivity index (χ2n) is 4.80. The number of halogens is 3. The lowest BCUT2D eigenvalue weighted by molar-refractivity contribution is 0.567. The zero-order valence-electron chi connectivity index (χ0n) is 11.5. The van der Waals surface area contributed by atoms with Gasteiger partial charge in [-0.15, -0.1) is 11.3 Å². The number of thiazole rings is 1. The largest absolute Gasteiger partial charge is 0.280 e. The Kier molecular flexibility index (Phi) is 3.85. The van der Waals surface area contributed by atoms with E-state index in [4.69, 9.17) is 17.0 Å². The lowest BCUT2D eigenvalue weighted by atomic mass is 10.1. The van der Waals surface area contributed by atoms with Crippen LogP contribution in [0.15, 0.2) is 41.8 Å². The Labute approximate surface area is 134 Å². The van der Waals surface area contributed by atoms with Crippen LogP contribution < -0.4 is 4.80 Å². The summed E-state index contributed by atoms with van der Waals surface area (Å²) in [7, 11) is 0. The van der Waals surface area contributed by atoms with Gasteiger partial charge < -0.3 is 0 Å². The Hall–Kier alpha value is -1.98. The Morgan fingerprint density at radius 1 is 1.14 bits per heavy atom. The first kappa shape index (κ1) is 14.9. The standard InChI is InChI=1S/C16H11ClF2N2S/c1-9-7-10(5-6-11(9)17)14-8-22-16(20)21(14)15-12(18)3-2-4-13(15)19/h2-8,20H,1H3. The molecule has 0 radical (unpaired) electrons. The summed E-state index contributed by atoms with van der Waals surface area (Å²) >= 11 is 7.13. The molecule has 2 nitrogen and oxygen atoms in total. The van der Waals surface area contributed by atoms with Crippen molar-refractivity contribution in [1.82, 2.24) is 4.57 Å². The molecule has 0 fully saturated rings. The molecule has 1 heterocycles. The third kappa shape index (κ3) is 2.46. The van der Waals surface area contributed by atoms with Gasteiger partial charge in [0.05, 0.1) is 5.69 Å². The van der Waals surface area contributed by atoms with E-state index in [-0.39, 0.29) is 10.5 Å². The molecular weight excluding hydrogens is 326 g/mol. The Morgan fingerprint density at radius 2 is 1.82 bits per heavy atom. The maximum atomic E-state index is 14.1. The maximum absolute atomic E-state index is 14.1. The molecule has 2 aromatic carbocycles. The predicted molar refractivity (Wildman–Crippen MR) is 84.6 cm³/mol. The Balaban J connectivity index is 2.29. The molecule has 0 atom stereocenters. The highest BCUT2D eigenvalue weighted by molar-refractivity contribution is 7.07. The Morgan fingerprint density at radius 3 is 2.45 bits per heavy atom. The lowest BCUT2D eigenvalue weighted by Crippen LogP contribution is -2.15. The highest BCUT2D eigenvalue weighted by atomic mass is 35.5. The minimum Gasteiger partial charge on any atom is -0.280 e. The zero-order valence-corrected chi connectivity index (χ0v) is 13.1. The minimum atomic E-state index is -0.705. The summed E-state index contributed by atoms with van der Waals surface area (Å²) in [5.41, 5.74) is 1.92. The van der Waals surface area contributed by atoms with Crippen molar-refractivity contribution in [3.05, 3.63) is 68.8 Å². The van der Waals surface area contributed by atoms with Crippen LogP contribution >= 0.6 is 22.9 Å². The van der Waals surface area contributed by atoms with Gasteiger partial charge in [0.25, 0.3) is 0 Å². The number of nitrogens with zero attached hydrogens (tertiary/aromatic N) is 1. The van der Waals surface area contributed by atoms with Crippen LogP contribution in [0.1, 0.15) is 5.56 Å². The van der Waals surface area contributed by atoms with E-state index in [1.54, 1.807) is 17.5 Å². The number of aryl methyl sites for hydroxylation is 1. The third-order valence-electron chi connectivity index (χ3n) is 3.34. The van der Waals surface area contributed by atoms with Crippen LogP contribution in [0.3, 0.4) is 0 Å². The van der Waals surface area contributed by atoms with E-state index >= 15 is 0 Å². The summed E-state index contributed by atoms with van der Waals surface area (Å²) in [6.45, 7) is 1.85. The van der Waals surface area contributed by atoms with Crippen molar-refractivity contribution in [2.75, 3.05) is 0 Å². The number of hydrogen-bond donors (Lipinski definition) is 1. The van der Waals surface area contributed by atoms with Crippen LogP contribution in [0.2, 0.25) is 5.02 Å². The number of para-hydroxylation sites is 1. The molecule has 1 aromatic heterocycles. The summed E-state index contributed by atoms with van der Waals surface area (Å²) in [5, 5.41) is 10.3. The SMILES string of the molecule is Cc1cc(-c2csc(=N)n2-c2c(F)cccc2F)ccc1Cl. The van der Waals surface area contributed by atoms with Gasteiger partial charge in [-0.25, -0.2) is 8.78 Å². The Bertz CT molecular complexity index is 894. The van der Waals surface area contributed by atoms with Crippen molar-refractivity contribution in [3.63, 3.8) is 0 Å². The molecule has 112 valence electrons. The van der Waals surface area contributed by atoms with Crippen molar-refractivity contribution in [1.29, 1.82) is 5.41 Å². The molecule has 0 aliphatic carbocycles. The number of rotatable bonds is 2. The number of hydrogen-bond acceptors (Lipinski definition) is 2. The van der Waals surface area contributed by atoms with E-state index in [9.17, 15) is 8.78 Å². The lowest BCUT2D eigenvalue weighted by Gasteiger charge is -2.11. The summed E-state index contributed by atoms with van der Waals surface area (Å²) in [6.07, 6.45) is 0. The summed E-state index contributed by atoms with van der Waals surface area (Å²) in [4.78, 5) is 0.0478. The average molecular weight is 337 g/mol. The van der Waals surface area contributed by atoms with Gasteiger partial charge in [-0.2, -0.15) is 0 Å². The average Bonchev–Trinajstić information content (AvgIpc) is 2.84. The van der Waals surface area contributed by atoms with Gasteiger partial charge in [-0.1, -0.05) is 23.7 Å². The van der Waals surface area contributed by atoms with Gasteiger partial charge in [0.1, 0.15) is 17.3 Å². The molecule has 1 N–H and O–H groups in total. The summed E-state index contributed by atoms with van der Waals surface area (Å²) < 4.78 is 29.4. The van der Waals surface area contributed by atoms with Crippen LogP contribution in [-0.2, 0) is 0 Å². The van der Waals surface area contributed by atoms with Crippen LogP contribution in [0.5, 0.6) is 0 Å². The van der Waals surface area contributed by atoms with Crippen molar-refractivity contribution >= 4 is 22.9 Å². The smallest absolute Gasteiger partial charge is 0.187 e. The molecule has 0 saturated heterocycles. The van der Waals surface area contributed by atoms with Gasteiger partial charge in [-0.3, -0.25) is 9.98 Å². The van der Waals surface area contributed by atoms with E-state index < -0.39 is 11.6 Å².